The third-order valence-electron chi connectivity index (χ3n) is 3.10. The predicted molar refractivity (Wildman–Crippen MR) is 81.1 cm³/mol. The monoisotopic (exact) mass is 269 g/mol. The maximum Gasteiger partial charge on any atom is 0.224 e. The predicted octanol–water partition coefficient (Wildman–Crippen LogP) is 3.57. The highest BCUT2D eigenvalue weighted by atomic mass is 16.5. The van der Waals surface area contributed by atoms with E-state index in [1.807, 2.05) is 36.4 Å². The number of amides is 1. The lowest BCUT2D eigenvalue weighted by molar-refractivity contribution is -0.116. The molecule has 2 aromatic rings. The molecule has 0 bridgehead atoms. The number of carbonyl (C=O) groups is 1. The molecule has 1 N–H and O–H groups in total. The minimum absolute atomic E-state index is 0.0247. The van der Waals surface area contributed by atoms with Crippen LogP contribution in [0.5, 0.6) is 5.75 Å². The molecule has 0 heterocycles. The standard InChI is InChI=1S/C17H19NO2/c1-13-4-3-5-14(12-13)6-11-17(19)18-15-7-9-16(20-2)10-8-15/h3-5,7-10,12H,6,11H2,1-2H3,(H,18,19). The molecule has 104 valence electrons. The summed E-state index contributed by atoms with van der Waals surface area (Å²) >= 11 is 0. The van der Waals surface area contributed by atoms with Crippen LogP contribution in [-0.2, 0) is 11.2 Å². The lowest BCUT2D eigenvalue weighted by Crippen LogP contribution is -2.12. The summed E-state index contributed by atoms with van der Waals surface area (Å²) in [6, 6.07) is 15.6. The second-order valence-corrected chi connectivity index (χ2v) is 4.77. The fourth-order valence-electron chi connectivity index (χ4n) is 2.02. The molecule has 0 radical (unpaired) electrons. The Hall–Kier alpha value is -2.29. The van der Waals surface area contributed by atoms with E-state index in [9.17, 15) is 4.79 Å². The lowest BCUT2D eigenvalue weighted by Gasteiger charge is -2.06. The van der Waals surface area contributed by atoms with E-state index in [1.54, 1.807) is 7.11 Å². The van der Waals surface area contributed by atoms with Crippen LogP contribution in [0.15, 0.2) is 48.5 Å². The minimum atomic E-state index is 0.0247. The van der Waals surface area contributed by atoms with E-state index in [2.05, 4.69) is 24.4 Å². The molecule has 0 saturated carbocycles. The molecule has 0 spiro atoms. The van der Waals surface area contributed by atoms with Gasteiger partial charge in [0.05, 0.1) is 7.11 Å². The molecule has 0 aliphatic carbocycles. The molecular weight excluding hydrogens is 250 g/mol. The van der Waals surface area contributed by atoms with E-state index in [0.29, 0.717) is 6.42 Å². The van der Waals surface area contributed by atoms with Crippen molar-refractivity contribution in [3.05, 3.63) is 59.7 Å². The zero-order chi connectivity index (χ0) is 14.4. The summed E-state index contributed by atoms with van der Waals surface area (Å²) in [7, 11) is 1.62. The number of hydrogen-bond donors (Lipinski definition) is 1. The molecular formula is C17H19NO2. The zero-order valence-corrected chi connectivity index (χ0v) is 11.8. The summed E-state index contributed by atoms with van der Waals surface area (Å²) in [4.78, 5) is 11.9. The Kier molecular flexibility index (Phi) is 4.77. The summed E-state index contributed by atoms with van der Waals surface area (Å²) in [6.07, 6.45) is 1.24. The van der Waals surface area contributed by atoms with Crippen LogP contribution in [-0.4, -0.2) is 13.0 Å². The Labute approximate surface area is 119 Å². The summed E-state index contributed by atoms with van der Waals surface area (Å²) in [5.41, 5.74) is 3.20. The third-order valence-corrected chi connectivity index (χ3v) is 3.10. The molecule has 0 fully saturated rings. The van der Waals surface area contributed by atoms with Gasteiger partial charge in [0.25, 0.3) is 0 Å². The Balaban J connectivity index is 1.85. The number of benzene rings is 2. The van der Waals surface area contributed by atoms with E-state index in [0.717, 1.165) is 17.9 Å². The van der Waals surface area contributed by atoms with Crippen molar-refractivity contribution in [3.8, 4) is 5.75 Å². The first-order chi connectivity index (χ1) is 9.67. The van der Waals surface area contributed by atoms with E-state index in [4.69, 9.17) is 4.74 Å². The Morgan fingerprint density at radius 1 is 1.15 bits per heavy atom. The van der Waals surface area contributed by atoms with Gasteiger partial charge in [-0.15, -0.1) is 0 Å². The lowest BCUT2D eigenvalue weighted by atomic mass is 10.1. The maximum atomic E-state index is 11.9. The van der Waals surface area contributed by atoms with E-state index < -0.39 is 0 Å². The quantitative estimate of drug-likeness (QED) is 0.901. The first-order valence-electron chi connectivity index (χ1n) is 6.67. The molecule has 0 unspecified atom stereocenters. The minimum Gasteiger partial charge on any atom is -0.497 e. The molecule has 0 saturated heterocycles. The van der Waals surface area contributed by atoms with Crippen LogP contribution in [0.4, 0.5) is 5.69 Å². The number of carbonyl (C=O) groups excluding carboxylic acids is 1. The van der Waals surface area contributed by atoms with Crippen molar-refractivity contribution >= 4 is 11.6 Å². The first-order valence-corrected chi connectivity index (χ1v) is 6.67. The number of rotatable bonds is 5. The SMILES string of the molecule is COc1ccc(NC(=O)CCc2cccc(C)c2)cc1. The van der Waals surface area contributed by atoms with Gasteiger partial charge in [-0.25, -0.2) is 0 Å². The van der Waals surface area contributed by atoms with Crippen LogP contribution in [0.3, 0.4) is 0 Å². The highest BCUT2D eigenvalue weighted by molar-refractivity contribution is 5.90. The highest BCUT2D eigenvalue weighted by Crippen LogP contribution is 2.15. The molecule has 0 atom stereocenters. The van der Waals surface area contributed by atoms with Crippen molar-refractivity contribution in [2.75, 3.05) is 12.4 Å². The molecule has 3 nitrogen and oxygen atoms in total. The highest BCUT2D eigenvalue weighted by Gasteiger charge is 2.03. The van der Waals surface area contributed by atoms with Crippen LogP contribution >= 0.6 is 0 Å². The van der Waals surface area contributed by atoms with Crippen LogP contribution in [0.2, 0.25) is 0 Å². The van der Waals surface area contributed by atoms with Crippen LogP contribution in [0, 0.1) is 6.92 Å². The Bertz CT molecular complexity index is 576. The normalized spacial score (nSPS) is 10.1. The summed E-state index contributed by atoms with van der Waals surface area (Å²) < 4.78 is 5.08. The number of nitrogens with one attached hydrogen (secondary N) is 1. The van der Waals surface area contributed by atoms with Gasteiger partial charge >= 0.3 is 0 Å². The molecule has 0 aliphatic rings. The Morgan fingerprint density at radius 3 is 2.55 bits per heavy atom. The van der Waals surface area contributed by atoms with Gasteiger partial charge in [0, 0.05) is 12.1 Å². The van der Waals surface area contributed by atoms with Crippen LogP contribution in [0.25, 0.3) is 0 Å². The molecule has 0 aliphatic heterocycles. The largest absolute Gasteiger partial charge is 0.497 e. The Morgan fingerprint density at radius 2 is 1.90 bits per heavy atom. The van der Waals surface area contributed by atoms with Crippen molar-refractivity contribution in [1.29, 1.82) is 0 Å². The second kappa shape index (κ2) is 6.75. The molecule has 3 heteroatoms. The number of methoxy groups -OCH3 is 1. The van der Waals surface area contributed by atoms with Crippen LogP contribution < -0.4 is 10.1 Å². The summed E-state index contributed by atoms with van der Waals surface area (Å²) in [5, 5.41) is 2.88. The number of hydrogen-bond acceptors (Lipinski definition) is 2. The zero-order valence-electron chi connectivity index (χ0n) is 11.8. The van der Waals surface area contributed by atoms with Crippen molar-refractivity contribution in [2.45, 2.75) is 19.8 Å². The van der Waals surface area contributed by atoms with Crippen LogP contribution in [0.1, 0.15) is 17.5 Å². The molecule has 20 heavy (non-hydrogen) atoms. The smallest absolute Gasteiger partial charge is 0.224 e. The van der Waals surface area contributed by atoms with E-state index in [1.165, 1.54) is 11.1 Å². The average Bonchev–Trinajstić information content (AvgIpc) is 2.46. The van der Waals surface area contributed by atoms with Crippen molar-refractivity contribution in [1.82, 2.24) is 0 Å². The van der Waals surface area contributed by atoms with Gasteiger partial charge in [0.15, 0.2) is 0 Å². The van der Waals surface area contributed by atoms with Crippen molar-refractivity contribution in [2.24, 2.45) is 0 Å². The van der Waals surface area contributed by atoms with Gasteiger partial charge in [-0.05, 0) is 43.2 Å². The fraction of sp³-hybridized carbons (Fsp3) is 0.235. The van der Waals surface area contributed by atoms with Crippen molar-refractivity contribution in [3.63, 3.8) is 0 Å². The van der Waals surface area contributed by atoms with Crippen molar-refractivity contribution < 1.29 is 9.53 Å². The first kappa shape index (κ1) is 14.1. The maximum absolute atomic E-state index is 11.9. The topological polar surface area (TPSA) is 38.3 Å². The van der Waals surface area contributed by atoms with Gasteiger partial charge in [0.2, 0.25) is 5.91 Å². The average molecular weight is 269 g/mol. The number of anilines is 1. The molecule has 0 aromatic heterocycles. The number of aryl methyl sites for hydroxylation is 2. The van der Waals surface area contributed by atoms with Gasteiger partial charge in [-0.2, -0.15) is 0 Å². The molecule has 2 rings (SSSR count). The molecule has 1 amide bonds. The second-order valence-electron chi connectivity index (χ2n) is 4.77. The van der Waals surface area contributed by atoms with E-state index >= 15 is 0 Å². The van der Waals surface area contributed by atoms with Gasteiger partial charge in [-0.1, -0.05) is 29.8 Å². The third kappa shape index (κ3) is 4.12. The van der Waals surface area contributed by atoms with Gasteiger partial charge in [0.1, 0.15) is 5.75 Å². The van der Waals surface area contributed by atoms with E-state index in [-0.39, 0.29) is 5.91 Å². The summed E-state index contributed by atoms with van der Waals surface area (Å²) in [6.45, 7) is 2.06. The fourth-order valence-corrected chi connectivity index (χ4v) is 2.02. The summed E-state index contributed by atoms with van der Waals surface area (Å²) in [5.74, 6) is 0.805. The van der Waals surface area contributed by atoms with Gasteiger partial charge < -0.3 is 10.1 Å². The number of ether oxygens (including phenoxy) is 1. The molecule has 2 aromatic carbocycles. The van der Waals surface area contributed by atoms with Gasteiger partial charge in [-0.3, -0.25) is 4.79 Å².